The van der Waals surface area contributed by atoms with Crippen molar-refractivity contribution in [2.45, 2.75) is 53.1 Å². The van der Waals surface area contributed by atoms with Crippen molar-refractivity contribution in [2.75, 3.05) is 13.2 Å². The zero-order valence-electron chi connectivity index (χ0n) is 23.6. The van der Waals surface area contributed by atoms with E-state index in [0.29, 0.717) is 48.7 Å². The maximum Gasteiger partial charge on any atom is 0.336 e. The number of aryl methyl sites for hydroxylation is 1. The van der Waals surface area contributed by atoms with Gasteiger partial charge in [0.25, 0.3) is 0 Å². The summed E-state index contributed by atoms with van der Waals surface area (Å²) in [7, 11) is 0. The number of ketones is 1. The van der Waals surface area contributed by atoms with E-state index in [4.69, 9.17) is 14.2 Å². The first-order chi connectivity index (χ1) is 17.8. The number of aromatic carboxylic acids is 1. The Hall–Kier alpha value is -2.00. The molecule has 0 aliphatic heterocycles. The molecule has 3 rings (SSSR count). The van der Waals surface area contributed by atoms with Crippen molar-refractivity contribution in [1.29, 1.82) is 0 Å². The Labute approximate surface area is 274 Å². The van der Waals surface area contributed by atoms with Crippen LogP contribution in [0.25, 0.3) is 0 Å². The molecule has 39 heavy (non-hydrogen) atoms. The number of Topliss-reactive ketones (excluding diaryl/α,β-unsaturated/α-hetero) is 1. The summed E-state index contributed by atoms with van der Waals surface area (Å²) in [5.74, 6) is 0.709. The minimum Gasteiger partial charge on any atom is -0.507 e. The van der Waals surface area contributed by atoms with Crippen LogP contribution in [0.15, 0.2) is 54.6 Å². The number of phenolic OH excluding ortho intramolecular Hbond substituents is 1. The molecule has 7 nitrogen and oxygen atoms in total. The summed E-state index contributed by atoms with van der Waals surface area (Å²) in [6.07, 6.45) is 2.94. The standard InChI is InChI=1S/C30H34O7.2Na/c1-4-10-24-27(13-8-14-28(24)37-19-22-11-6-7-12-23(22)30(33)34)35-15-9-16-36-29-18-26(32)25(20(3)31)17-21(29)5-2;;/h6-8,11-14,17-18,32H,4-5,9-10,15-16,19H2,1-3H3,(H,33,34);;. The molecule has 0 bridgehead atoms. The van der Waals surface area contributed by atoms with Crippen LogP contribution in [0.4, 0.5) is 0 Å². The quantitative estimate of drug-likeness (QED) is 0.155. The average Bonchev–Trinajstić information content (AvgIpc) is 2.88. The topological polar surface area (TPSA) is 102 Å². The Bertz CT molecular complexity index is 1240. The summed E-state index contributed by atoms with van der Waals surface area (Å²) in [5, 5.41) is 19.6. The zero-order valence-corrected chi connectivity index (χ0v) is 27.6. The summed E-state index contributed by atoms with van der Waals surface area (Å²) in [4.78, 5) is 23.2. The predicted octanol–water partition coefficient (Wildman–Crippen LogP) is 5.47. The molecule has 0 spiro atoms. The zero-order chi connectivity index (χ0) is 26.8. The summed E-state index contributed by atoms with van der Waals surface area (Å²) >= 11 is 0. The minimum absolute atomic E-state index is 0. The van der Waals surface area contributed by atoms with E-state index in [1.165, 1.54) is 13.0 Å². The van der Waals surface area contributed by atoms with Crippen molar-refractivity contribution in [2.24, 2.45) is 0 Å². The molecule has 3 aromatic rings. The van der Waals surface area contributed by atoms with Gasteiger partial charge in [-0.15, -0.1) is 0 Å². The van der Waals surface area contributed by atoms with E-state index in [1.807, 2.05) is 25.1 Å². The Morgan fingerprint density at radius 1 is 0.795 bits per heavy atom. The van der Waals surface area contributed by atoms with Gasteiger partial charge < -0.3 is 24.4 Å². The van der Waals surface area contributed by atoms with Crippen LogP contribution < -0.4 is 14.2 Å². The molecule has 0 unspecified atom stereocenters. The monoisotopic (exact) mass is 552 g/mol. The first-order valence-corrected chi connectivity index (χ1v) is 12.5. The van der Waals surface area contributed by atoms with Crippen LogP contribution in [0.2, 0.25) is 0 Å². The van der Waals surface area contributed by atoms with Crippen molar-refractivity contribution in [1.82, 2.24) is 0 Å². The average molecular weight is 553 g/mol. The number of benzene rings is 3. The molecular formula is C30H34Na2O7. The van der Waals surface area contributed by atoms with Crippen LogP contribution in [-0.4, -0.2) is 94.3 Å². The van der Waals surface area contributed by atoms with Gasteiger partial charge >= 0.3 is 5.97 Å². The third-order valence-electron chi connectivity index (χ3n) is 5.96. The van der Waals surface area contributed by atoms with Crippen LogP contribution in [0, 0.1) is 0 Å². The van der Waals surface area contributed by atoms with E-state index < -0.39 is 5.97 Å². The molecule has 0 fully saturated rings. The van der Waals surface area contributed by atoms with Crippen molar-refractivity contribution in [3.05, 3.63) is 82.4 Å². The SMILES string of the molecule is CCCc1c(OCCCOc2cc(O)c(C(C)=O)cc2CC)cccc1OCc1ccccc1C(=O)O.[Na].[Na]. The van der Waals surface area contributed by atoms with Gasteiger partial charge in [0.1, 0.15) is 29.6 Å². The minimum atomic E-state index is -0.983. The fourth-order valence-corrected chi connectivity index (χ4v) is 4.05. The van der Waals surface area contributed by atoms with Crippen LogP contribution in [0.5, 0.6) is 23.0 Å². The number of hydrogen-bond acceptors (Lipinski definition) is 6. The van der Waals surface area contributed by atoms with Gasteiger partial charge in [-0.2, -0.15) is 0 Å². The number of carboxylic acids is 1. The third-order valence-corrected chi connectivity index (χ3v) is 5.96. The van der Waals surface area contributed by atoms with Crippen molar-refractivity contribution >= 4 is 70.9 Å². The molecule has 0 aliphatic carbocycles. The van der Waals surface area contributed by atoms with Gasteiger partial charge in [0.15, 0.2) is 5.78 Å². The molecule has 0 saturated carbocycles. The molecule has 3 aromatic carbocycles. The van der Waals surface area contributed by atoms with Gasteiger partial charge in [-0.3, -0.25) is 4.79 Å². The molecule has 0 aliphatic rings. The first-order valence-electron chi connectivity index (χ1n) is 12.5. The number of carbonyl (C=O) groups is 2. The number of hydrogen-bond donors (Lipinski definition) is 2. The van der Waals surface area contributed by atoms with E-state index in [2.05, 4.69) is 6.92 Å². The maximum atomic E-state index is 11.7. The van der Waals surface area contributed by atoms with E-state index in [1.54, 1.807) is 30.3 Å². The summed E-state index contributed by atoms with van der Waals surface area (Å²) in [6.45, 7) is 6.42. The largest absolute Gasteiger partial charge is 0.507 e. The van der Waals surface area contributed by atoms with E-state index in [0.717, 1.165) is 29.7 Å². The smallest absolute Gasteiger partial charge is 0.336 e. The van der Waals surface area contributed by atoms with Crippen LogP contribution in [-0.2, 0) is 19.4 Å². The number of phenols is 1. The van der Waals surface area contributed by atoms with Crippen molar-refractivity contribution in [3.8, 4) is 23.0 Å². The summed E-state index contributed by atoms with van der Waals surface area (Å²) < 4.78 is 18.0. The molecule has 9 heteroatoms. The maximum absolute atomic E-state index is 11.7. The molecule has 2 N–H and O–H groups in total. The Morgan fingerprint density at radius 3 is 2.05 bits per heavy atom. The number of carbonyl (C=O) groups excluding carboxylic acids is 1. The molecule has 0 heterocycles. The van der Waals surface area contributed by atoms with E-state index in [-0.39, 0.29) is 82.8 Å². The van der Waals surface area contributed by atoms with Gasteiger partial charge in [0.05, 0.1) is 24.3 Å². The fourth-order valence-electron chi connectivity index (χ4n) is 4.05. The van der Waals surface area contributed by atoms with Crippen LogP contribution >= 0.6 is 0 Å². The molecule has 0 aromatic heterocycles. The number of carboxylic acid groups (broad SMARTS) is 1. The second-order valence-electron chi connectivity index (χ2n) is 8.67. The number of rotatable bonds is 14. The van der Waals surface area contributed by atoms with Gasteiger partial charge in [0, 0.05) is 82.7 Å². The Morgan fingerprint density at radius 2 is 1.44 bits per heavy atom. The number of aromatic hydroxyl groups is 1. The molecule has 0 saturated heterocycles. The summed E-state index contributed by atoms with van der Waals surface area (Å²) in [5.41, 5.74) is 2.93. The molecule has 198 valence electrons. The second-order valence-corrected chi connectivity index (χ2v) is 8.67. The van der Waals surface area contributed by atoms with Crippen LogP contribution in [0.1, 0.15) is 71.0 Å². The van der Waals surface area contributed by atoms with E-state index >= 15 is 0 Å². The first kappa shape index (κ1) is 35.0. The van der Waals surface area contributed by atoms with Gasteiger partial charge in [-0.25, -0.2) is 4.79 Å². The van der Waals surface area contributed by atoms with E-state index in [9.17, 15) is 19.8 Å². The summed E-state index contributed by atoms with van der Waals surface area (Å²) in [6, 6.07) is 15.6. The number of ether oxygens (including phenoxy) is 3. The molecule has 2 radical (unpaired) electrons. The van der Waals surface area contributed by atoms with Crippen LogP contribution in [0.3, 0.4) is 0 Å². The normalized spacial score (nSPS) is 10.1. The van der Waals surface area contributed by atoms with Crippen molar-refractivity contribution < 1.29 is 34.0 Å². The van der Waals surface area contributed by atoms with Gasteiger partial charge in [-0.05, 0) is 49.6 Å². The molecule has 0 amide bonds. The predicted molar refractivity (Wildman–Crippen MR) is 153 cm³/mol. The molecular weight excluding hydrogens is 518 g/mol. The van der Waals surface area contributed by atoms with Gasteiger partial charge in [0.2, 0.25) is 0 Å². The van der Waals surface area contributed by atoms with Gasteiger partial charge in [-0.1, -0.05) is 44.5 Å². The fraction of sp³-hybridized carbons (Fsp3) is 0.333. The second kappa shape index (κ2) is 17.6. The van der Waals surface area contributed by atoms with Crippen molar-refractivity contribution in [3.63, 3.8) is 0 Å². The Kier molecular flexibility index (Phi) is 15.8. The molecule has 0 atom stereocenters. The third kappa shape index (κ3) is 9.85. The Balaban J connectivity index is 0.00000380.